The second-order valence-electron chi connectivity index (χ2n) is 6.14. The van der Waals surface area contributed by atoms with Gasteiger partial charge in [-0.15, -0.1) is 0 Å². The van der Waals surface area contributed by atoms with Crippen LogP contribution in [0.3, 0.4) is 0 Å². The van der Waals surface area contributed by atoms with Crippen LogP contribution in [0.15, 0.2) is 0 Å². The highest BCUT2D eigenvalue weighted by atomic mass is 15.2. The summed E-state index contributed by atoms with van der Waals surface area (Å²) in [7, 11) is 0. The maximum absolute atomic E-state index is 5.64. The minimum Gasteiger partial charge on any atom is -0.271 e. The van der Waals surface area contributed by atoms with Crippen molar-refractivity contribution in [3.8, 4) is 0 Å². The van der Waals surface area contributed by atoms with E-state index in [1.807, 2.05) is 0 Å². The molecular formula is C15H32N2. The number of hydrogen-bond donors (Lipinski definition) is 2. The van der Waals surface area contributed by atoms with E-state index in [1.165, 1.54) is 70.6 Å². The van der Waals surface area contributed by atoms with E-state index in [4.69, 9.17) is 5.84 Å². The third-order valence-corrected chi connectivity index (χ3v) is 4.43. The van der Waals surface area contributed by atoms with E-state index < -0.39 is 0 Å². The third kappa shape index (κ3) is 5.87. The number of hydrazine groups is 1. The van der Waals surface area contributed by atoms with Gasteiger partial charge in [0.15, 0.2) is 0 Å². The molecule has 0 amide bonds. The predicted molar refractivity (Wildman–Crippen MR) is 75.7 cm³/mol. The van der Waals surface area contributed by atoms with Crippen LogP contribution >= 0.6 is 0 Å². The summed E-state index contributed by atoms with van der Waals surface area (Å²) in [6.45, 7) is 4.64. The second-order valence-corrected chi connectivity index (χ2v) is 6.14. The highest BCUT2D eigenvalue weighted by molar-refractivity contribution is 4.97. The minimum absolute atomic E-state index is 0.524. The van der Waals surface area contributed by atoms with Crippen molar-refractivity contribution in [2.45, 2.75) is 90.5 Å². The molecule has 0 aliphatic heterocycles. The summed E-state index contributed by atoms with van der Waals surface area (Å²) in [5.41, 5.74) is 3.55. The van der Waals surface area contributed by atoms with Gasteiger partial charge >= 0.3 is 0 Å². The summed E-state index contributed by atoms with van der Waals surface area (Å²) in [4.78, 5) is 0. The van der Waals surface area contributed by atoms with Gasteiger partial charge in [0.2, 0.25) is 0 Å². The molecule has 0 aromatic rings. The lowest BCUT2D eigenvalue weighted by atomic mass is 9.94. The summed E-state index contributed by atoms with van der Waals surface area (Å²) in [5, 5.41) is 0. The van der Waals surface area contributed by atoms with Gasteiger partial charge in [-0.1, -0.05) is 65.2 Å². The highest BCUT2D eigenvalue weighted by Gasteiger charge is 2.43. The zero-order valence-corrected chi connectivity index (χ0v) is 11.9. The van der Waals surface area contributed by atoms with E-state index in [0.717, 1.165) is 0 Å². The van der Waals surface area contributed by atoms with Crippen LogP contribution in [-0.4, -0.2) is 6.04 Å². The largest absolute Gasteiger partial charge is 0.271 e. The van der Waals surface area contributed by atoms with Crippen molar-refractivity contribution in [1.29, 1.82) is 0 Å². The number of unbranched alkanes of at least 4 members (excludes halogenated alkanes) is 7. The summed E-state index contributed by atoms with van der Waals surface area (Å²) in [6, 6.07) is 0.558. The van der Waals surface area contributed by atoms with Crippen molar-refractivity contribution in [3.05, 3.63) is 0 Å². The van der Waals surface area contributed by atoms with E-state index in [1.54, 1.807) is 0 Å². The van der Waals surface area contributed by atoms with Gasteiger partial charge in [-0.3, -0.25) is 11.3 Å². The Kier molecular flexibility index (Phi) is 7.14. The fourth-order valence-electron chi connectivity index (χ4n) is 2.66. The van der Waals surface area contributed by atoms with Crippen LogP contribution in [0.2, 0.25) is 0 Å². The molecule has 1 unspecified atom stereocenters. The molecule has 2 nitrogen and oxygen atoms in total. The zero-order chi connectivity index (χ0) is 12.6. The Hall–Kier alpha value is -0.0800. The normalized spacial score (nSPS) is 19.2. The van der Waals surface area contributed by atoms with Crippen molar-refractivity contribution in [3.63, 3.8) is 0 Å². The molecule has 0 aromatic heterocycles. The van der Waals surface area contributed by atoms with Gasteiger partial charge in [-0.05, 0) is 24.7 Å². The van der Waals surface area contributed by atoms with Crippen LogP contribution in [0.1, 0.15) is 84.5 Å². The van der Waals surface area contributed by atoms with Crippen LogP contribution < -0.4 is 11.3 Å². The molecule has 1 atom stereocenters. The Balaban J connectivity index is 1.89. The Bertz CT molecular complexity index is 187. The van der Waals surface area contributed by atoms with Crippen molar-refractivity contribution in [2.75, 3.05) is 0 Å². The van der Waals surface area contributed by atoms with Crippen molar-refractivity contribution < 1.29 is 0 Å². The van der Waals surface area contributed by atoms with E-state index in [9.17, 15) is 0 Å². The molecule has 1 rings (SSSR count). The Morgan fingerprint density at radius 3 is 2.00 bits per heavy atom. The fourth-order valence-corrected chi connectivity index (χ4v) is 2.66. The Labute approximate surface area is 108 Å². The van der Waals surface area contributed by atoms with Crippen molar-refractivity contribution in [1.82, 2.24) is 5.43 Å². The molecule has 2 heteroatoms. The smallest absolute Gasteiger partial charge is 0.0264 e. The van der Waals surface area contributed by atoms with E-state index in [-0.39, 0.29) is 0 Å². The summed E-state index contributed by atoms with van der Waals surface area (Å²) in [5.74, 6) is 5.64. The lowest BCUT2D eigenvalue weighted by Gasteiger charge is -2.22. The molecule has 1 saturated carbocycles. The molecule has 1 fully saturated rings. The first-order valence-corrected chi connectivity index (χ1v) is 7.69. The van der Waals surface area contributed by atoms with Crippen LogP contribution in [0.25, 0.3) is 0 Å². The van der Waals surface area contributed by atoms with E-state index in [2.05, 4.69) is 19.3 Å². The third-order valence-electron chi connectivity index (χ3n) is 4.43. The SMILES string of the molecule is CCCCCCCCCCC(NN)C1(C)CC1. The average Bonchev–Trinajstić information content (AvgIpc) is 3.06. The van der Waals surface area contributed by atoms with Gasteiger partial charge in [-0.2, -0.15) is 0 Å². The molecular weight excluding hydrogens is 208 g/mol. The van der Waals surface area contributed by atoms with Crippen LogP contribution in [-0.2, 0) is 0 Å². The molecule has 0 saturated heterocycles. The summed E-state index contributed by atoms with van der Waals surface area (Å²) < 4.78 is 0. The quantitative estimate of drug-likeness (QED) is 0.323. The van der Waals surface area contributed by atoms with Gasteiger partial charge in [0.05, 0.1) is 0 Å². The van der Waals surface area contributed by atoms with E-state index in [0.29, 0.717) is 11.5 Å². The van der Waals surface area contributed by atoms with Crippen LogP contribution in [0, 0.1) is 5.41 Å². The van der Waals surface area contributed by atoms with Gasteiger partial charge in [0.25, 0.3) is 0 Å². The van der Waals surface area contributed by atoms with Gasteiger partial charge in [0, 0.05) is 6.04 Å². The fraction of sp³-hybridized carbons (Fsp3) is 1.00. The number of nitrogens with two attached hydrogens (primary N) is 1. The Morgan fingerprint density at radius 1 is 1.00 bits per heavy atom. The first-order valence-electron chi connectivity index (χ1n) is 7.69. The van der Waals surface area contributed by atoms with Crippen LogP contribution in [0.4, 0.5) is 0 Å². The number of hydrogen-bond acceptors (Lipinski definition) is 2. The minimum atomic E-state index is 0.524. The molecule has 17 heavy (non-hydrogen) atoms. The second kappa shape index (κ2) is 8.10. The molecule has 1 aliphatic carbocycles. The van der Waals surface area contributed by atoms with Crippen molar-refractivity contribution in [2.24, 2.45) is 11.3 Å². The average molecular weight is 240 g/mol. The maximum Gasteiger partial charge on any atom is 0.0264 e. The predicted octanol–water partition coefficient (Wildman–Crippen LogP) is 4.15. The maximum atomic E-state index is 5.64. The topological polar surface area (TPSA) is 38.0 Å². The lowest BCUT2D eigenvalue weighted by Crippen LogP contribution is -2.40. The molecule has 3 N–H and O–H groups in total. The number of rotatable bonds is 11. The van der Waals surface area contributed by atoms with E-state index >= 15 is 0 Å². The summed E-state index contributed by atoms with van der Waals surface area (Å²) in [6.07, 6.45) is 15.2. The molecule has 0 bridgehead atoms. The molecule has 1 aliphatic rings. The Morgan fingerprint density at radius 2 is 1.53 bits per heavy atom. The van der Waals surface area contributed by atoms with Gasteiger partial charge in [0.1, 0.15) is 0 Å². The van der Waals surface area contributed by atoms with Gasteiger partial charge in [-0.25, -0.2) is 0 Å². The molecule has 0 aromatic carbocycles. The molecule has 0 heterocycles. The first kappa shape index (κ1) is 15.0. The van der Waals surface area contributed by atoms with Crippen LogP contribution in [0.5, 0.6) is 0 Å². The monoisotopic (exact) mass is 240 g/mol. The van der Waals surface area contributed by atoms with Crippen molar-refractivity contribution >= 4 is 0 Å². The molecule has 102 valence electrons. The highest BCUT2D eigenvalue weighted by Crippen LogP contribution is 2.49. The summed E-state index contributed by atoms with van der Waals surface area (Å²) >= 11 is 0. The lowest BCUT2D eigenvalue weighted by molar-refractivity contribution is 0.330. The number of nitrogens with one attached hydrogen (secondary N) is 1. The molecule has 0 spiro atoms. The zero-order valence-electron chi connectivity index (χ0n) is 11.9. The standard InChI is InChI=1S/C15H32N2/c1-3-4-5-6-7-8-9-10-11-14(17-16)15(2)12-13-15/h14,17H,3-13,16H2,1-2H3. The molecule has 0 radical (unpaired) electrons. The first-order chi connectivity index (χ1) is 8.23. The van der Waals surface area contributed by atoms with Gasteiger partial charge < -0.3 is 0 Å².